The molecule has 0 fully saturated rings. The Hall–Kier alpha value is -1.83. The van der Waals surface area contributed by atoms with Gasteiger partial charge in [0.2, 0.25) is 17.7 Å². The minimum atomic E-state index is -0.596. The lowest BCUT2D eigenvalue weighted by Crippen LogP contribution is -2.38. The molecule has 6 N–H and O–H groups in total. The molecule has 0 rings (SSSR count). The number of amides is 3. The van der Waals surface area contributed by atoms with Gasteiger partial charge in [-0.1, -0.05) is 6.92 Å². The van der Waals surface area contributed by atoms with Crippen LogP contribution < -0.4 is 16.4 Å². The third-order valence-corrected chi connectivity index (χ3v) is 3.77. The number of carbonyl (C=O) groups is 3. The molecule has 0 bridgehead atoms. The van der Waals surface area contributed by atoms with Crippen molar-refractivity contribution in [2.45, 2.75) is 32.6 Å². The van der Waals surface area contributed by atoms with E-state index < -0.39 is 23.1 Å². The lowest BCUT2D eigenvalue weighted by atomic mass is 9.88. The van der Waals surface area contributed by atoms with Gasteiger partial charge in [-0.3, -0.25) is 30.0 Å². The Kier molecular flexibility index (Phi) is 14.2. The van der Waals surface area contributed by atoms with Crippen LogP contribution in [0.2, 0.25) is 0 Å². The number of hydroxylamine groups is 3. The molecule has 0 spiro atoms. The van der Waals surface area contributed by atoms with Crippen LogP contribution in [0.4, 0.5) is 0 Å². The van der Waals surface area contributed by atoms with E-state index in [1.165, 1.54) is 16.4 Å². The van der Waals surface area contributed by atoms with Gasteiger partial charge in [-0.2, -0.15) is 0 Å². The summed E-state index contributed by atoms with van der Waals surface area (Å²) in [6, 6.07) is 0. The molecule has 158 valence electrons. The molecule has 27 heavy (non-hydrogen) atoms. The summed E-state index contributed by atoms with van der Waals surface area (Å²) >= 11 is 0. The van der Waals surface area contributed by atoms with Gasteiger partial charge in [0.15, 0.2) is 0 Å². The predicted molar refractivity (Wildman–Crippen MR) is 88.8 cm³/mol. The second kappa shape index (κ2) is 15.2. The Balaban J connectivity index is 4.53. The maximum atomic E-state index is 11.0. The Morgan fingerprint density at radius 3 is 1.22 bits per heavy atom. The monoisotopic (exact) mass is 395 g/mol. The lowest BCUT2D eigenvalue weighted by Gasteiger charge is -2.32. The summed E-state index contributed by atoms with van der Waals surface area (Å²) in [5.41, 5.74) is 3.93. The third-order valence-electron chi connectivity index (χ3n) is 3.77. The summed E-state index contributed by atoms with van der Waals surface area (Å²) in [7, 11) is 0. The third kappa shape index (κ3) is 12.2. The first kappa shape index (κ1) is 25.2. The van der Waals surface area contributed by atoms with E-state index in [2.05, 4.69) is 0 Å². The van der Waals surface area contributed by atoms with E-state index in [1.54, 1.807) is 0 Å². The van der Waals surface area contributed by atoms with E-state index in [1.807, 2.05) is 6.92 Å². The van der Waals surface area contributed by atoms with Crippen LogP contribution in [-0.4, -0.2) is 73.0 Å². The highest BCUT2D eigenvalue weighted by Crippen LogP contribution is 2.24. The van der Waals surface area contributed by atoms with Gasteiger partial charge < -0.3 is 14.2 Å². The number of hydrogen-bond donors (Lipinski definition) is 6. The van der Waals surface area contributed by atoms with E-state index in [9.17, 15) is 14.4 Å². The first-order valence-corrected chi connectivity index (χ1v) is 8.45. The first-order valence-electron chi connectivity index (χ1n) is 8.45. The zero-order valence-corrected chi connectivity index (χ0v) is 15.4. The van der Waals surface area contributed by atoms with Gasteiger partial charge in [-0.05, 0) is 6.42 Å². The topological polar surface area (TPSA) is 176 Å². The Labute approximate surface area is 157 Å². The van der Waals surface area contributed by atoms with E-state index in [0.29, 0.717) is 6.42 Å². The molecule has 0 aliphatic carbocycles. The van der Waals surface area contributed by atoms with Crippen molar-refractivity contribution < 1.29 is 44.2 Å². The quantitative estimate of drug-likeness (QED) is 0.110. The van der Waals surface area contributed by atoms with Gasteiger partial charge in [0, 0.05) is 5.41 Å². The summed E-state index contributed by atoms with van der Waals surface area (Å²) in [5.74, 6) is -1.72. The smallest absolute Gasteiger partial charge is 0.245 e. The minimum absolute atomic E-state index is 0.0225. The molecule has 0 unspecified atom stereocenters. The zero-order valence-electron chi connectivity index (χ0n) is 15.4. The number of hydrogen-bond acceptors (Lipinski definition) is 9. The van der Waals surface area contributed by atoms with Crippen molar-refractivity contribution >= 4 is 17.7 Å². The maximum Gasteiger partial charge on any atom is 0.245 e. The fourth-order valence-electron chi connectivity index (χ4n) is 1.96. The number of ether oxygens (including phenoxy) is 3. The fourth-order valence-corrected chi connectivity index (χ4v) is 1.96. The molecular weight excluding hydrogens is 366 g/mol. The van der Waals surface area contributed by atoms with Gasteiger partial charge >= 0.3 is 0 Å². The first-order chi connectivity index (χ1) is 12.9. The SMILES string of the molecule is CCC(COCCC(=O)NO)(COCCC(=O)NO)COCCC(=O)NO. The van der Waals surface area contributed by atoms with Crippen LogP contribution in [0.5, 0.6) is 0 Å². The molecule has 12 nitrogen and oxygen atoms in total. The normalized spacial score (nSPS) is 11.1. The van der Waals surface area contributed by atoms with Gasteiger partial charge in [-0.25, -0.2) is 16.4 Å². The lowest BCUT2D eigenvalue weighted by molar-refractivity contribution is -0.132. The van der Waals surface area contributed by atoms with Crippen LogP contribution in [0.3, 0.4) is 0 Å². The van der Waals surface area contributed by atoms with Crippen LogP contribution in [-0.2, 0) is 28.6 Å². The second-order valence-electron chi connectivity index (χ2n) is 5.87. The summed E-state index contributed by atoms with van der Waals surface area (Å²) in [5, 5.41) is 25.4. The average Bonchev–Trinajstić information content (AvgIpc) is 2.70. The summed E-state index contributed by atoms with van der Waals surface area (Å²) in [4.78, 5) is 33.0. The van der Waals surface area contributed by atoms with Crippen LogP contribution >= 0.6 is 0 Å². The molecule has 0 atom stereocenters. The van der Waals surface area contributed by atoms with Crippen molar-refractivity contribution in [1.82, 2.24) is 16.4 Å². The van der Waals surface area contributed by atoms with Gasteiger partial charge in [-0.15, -0.1) is 0 Å². The standard InChI is InChI=1S/C15H29N3O9/c1-2-15(9-25-6-3-12(19)16-22,10-26-7-4-13(20)17-23)11-27-8-5-14(21)18-24/h22-24H,2-11H2,1H3,(H,16,19)(H,17,20)(H,18,21). The summed E-state index contributed by atoms with van der Waals surface area (Å²) in [6.07, 6.45) is 0.514. The summed E-state index contributed by atoms with van der Waals surface area (Å²) < 4.78 is 16.5. The molecule has 12 heteroatoms. The highest BCUT2D eigenvalue weighted by molar-refractivity contribution is 5.75. The maximum absolute atomic E-state index is 11.0. The molecule has 0 aliphatic heterocycles. The van der Waals surface area contributed by atoms with E-state index in [0.717, 1.165) is 0 Å². The largest absolute Gasteiger partial charge is 0.380 e. The molecule has 0 heterocycles. The molecule has 0 saturated heterocycles. The van der Waals surface area contributed by atoms with E-state index >= 15 is 0 Å². The Morgan fingerprint density at radius 1 is 0.704 bits per heavy atom. The highest BCUT2D eigenvalue weighted by atomic mass is 16.5. The Bertz CT molecular complexity index is 388. The molecule has 0 aromatic heterocycles. The molecular formula is C15H29N3O9. The highest BCUT2D eigenvalue weighted by Gasteiger charge is 2.30. The molecule has 0 aromatic carbocycles. The second-order valence-corrected chi connectivity index (χ2v) is 5.87. The van der Waals surface area contributed by atoms with E-state index in [-0.39, 0.29) is 58.9 Å². The zero-order chi connectivity index (χ0) is 20.5. The van der Waals surface area contributed by atoms with Crippen LogP contribution in [0.15, 0.2) is 0 Å². The summed E-state index contributed by atoms with van der Waals surface area (Å²) in [6.45, 7) is 2.66. The van der Waals surface area contributed by atoms with Crippen molar-refractivity contribution in [3.8, 4) is 0 Å². The Morgan fingerprint density at radius 2 is 1.00 bits per heavy atom. The van der Waals surface area contributed by atoms with Crippen LogP contribution in [0.1, 0.15) is 32.6 Å². The minimum Gasteiger partial charge on any atom is -0.380 e. The van der Waals surface area contributed by atoms with Crippen LogP contribution in [0.25, 0.3) is 0 Å². The van der Waals surface area contributed by atoms with Gasteiger partial charge in [0.1, 0.15) is 0 Å². The van der Waals surface area contributed by atoms with Crippen molar-refractivity contribution in [2.24, 2.45) is 5.41 Å². The van der Waals surface area contributed by atoms with Gasteiger partial charge in [0.25, 0.3) is 0 Å². The van der Waals surface area contributed by atoms with Crippen LogP contribution in [0, 0.1) is 5.41 Å². The fraction of sp³-hybridized carbons (Fsp3) is 0.800. The predicted octanol–water partition coefficient (Wildman–Crippen LogP) is -0.881. The molecule has 3 amide bonds. The molecule has 0 aromatic rings. The van der Waals surface area contributed by atoms with Gasteiger partial charge in [0.05, 0.1) is 58.9 Å². The number of carbonyl (C=O) groups excluding carboxylic acids is 3. The number of rotatable bonds is 16. The van der Waals surface area contributed by atoms with Crippen molar-refractivity contribution in [3.05, 3.63) is 0 Å². The van der Waals surface area contributed by atoms with E-state index in [4.69, 9.17) is 29.8 Å². The van der Waals surface area contributed by atoms with Crippen molar-refractivity contribution in [2.75, 3.05) is 39.6 Å². The number of nitrogens with one attached hydrogen (secondary N) is 3. The van der Waals surface area contributed by atoms with Crippen molar-refractivity contribution in [1.29, 1.82) is 0 Å². The van der Waals surface area contributed by atoms with Crippen molar-refractivity contribution in [3.63, 3.8) is 0 Å². The average molecular weight is 395 g/mol. The molecule has 0 aliphatic rings. The molecule has 0 radical (unpaired) electrons. The molecule has 0 saturated carbocycles.